The fourth-order valence-electron chi connectivity index (χ4n) is 7.28. The fraction of sp³-hybridized carbons (Fsp3) is 0.978. The van der Waals surface area contributed by atoms with E-state index in [1.165, 1.54) is 173 Å². The standard InChI is InChI=1S/C46H95N2O6P/c1-6-8-10-12-14-16-18-20-22-23-24-25-26-28-30-32-34-36-38-40-46(50)47-44(43-54-55(51,52)53-42-41-48(3,4)5)45(49)39-37-35-33-31-29-27-21-19-17-15-13-11-9-7-2/h44-45,49H,6-43H2,1-5H3,(H-,47,50,51,52)/p+1/t44-,45+/m0/s1. The number of likely N-dealkylation sites (N-methyl/N-ethyl adjacent to an activating group) is 1. The summed E-state index contributed by atoms with van der Waals surface area (Å²) in [6.45, 7) is 4.92. The molecule has 0 saturated carbocycles. The highest BCUT2D eigenvalue weighted by atomic mass is 31.2. The third-order valence-electron chi connectivity index (χ3n) is 11.1. The SMILES string of the molecule is CCCCCCCCCCCCCCCCCCCCCC(=O)N[C@@H](COP(=O)(O)OCC[N+](C)(C)C)[C@H](O)CCCCCCCCCCCCCCCC. The summed E-state index contributed by atoms with van der Waals surface area (Å²) < 4.78 is 23.7. The molecule has 9 heteroatoms. The first kappa shape index (κ1) is 54.5. The minimum Gasteiger partial charge on any atom is -0.391 e. The molecule has 8 nitrogen and oxygen atoms in total. The number of unbranched alkanes of at least 4 members (excludes halogenated alkanes) is 31. The normalized spacial score (nSPS) is 14.2. The van der Waals surface area contributed by atoms with Gasteiger partial charge in [0.1, 0.15) is 13.2 Å². The Balaban J connectivity index is 4.25. The monoisotopic (exact) mass is 804 g/mol. The summed E-state index contributed by atoms with van der Waals surface area (Å²) in [5.41, 5.74) is 0. The van der Waals surface area contributed by atoms with Crippen molar-refractivity contribution in [2.45, 2.75) is 251 Å². The van der Waals surface area contributed by atoms with Crippen LogP contribution in [0.25, 0.3) is 0 Å². The Bertz CT molecular complexity index is 870. The Hall–Kier alpha value is -0.500. The minimum absolute atomic E-state index is 0.0787. The van der Waals surface area contributed by atoms with Crippen molar-refractivity contribution in [2.24, 2.45) is 0 Å². The van der Waals surface area contributed by atoms with Crippen LogP contribution in [-0.2, 0) is 18.4 Å². The lowest BCUT2D eigenvalue weighted by Crippen LogP contribution is -2.46. The number of nitrogens with one attached hydrogen (secondary N) is 1. The van der Waals surface area contributed by atoms with Crippen molar-refractivity contribution >= 4 is 13.7 Å². The molecule has 0 heterocycles. The van der Waals surface area contributed by atoms with Crippen LogP contribution in [-0.4, -0.2) is 73.4 Å². The number of aliphatic hydroxyl groups is 1. The van der Waals surface area contributed by atoms with E-state index >= 15 is 0 Å². The van der Waals surface area contributed by atoms with Crippen molar-refractivity contribution in [1.29, 1.82) is 0 Å². The van der Waals surface area contributed by atoms with Gasteiger partial charge in [-0.25, -0.2) is 4.57 Å². The van der Waals surface area contributed by atoms with Crippen LogP contribution in [0.1, 0.15) is 239 Å². The molecule has 0 saturated heterocycles. The van der Waals surface area contributed by atoms with Crippen molar-refractivity contribution in [1.82, 2.24) is 5.32 Å². The molecule has 0 fully saturated rings. The maximum absolute atomic E-state index is 12.9. The average Bonchev–Trinajstić information content (AvgIpc) is 3.13. The number of hydrogen-bond donors (Lipinski definition) is 3. The van der Waals surface area contributed by atoms with E-state index in [1.54, 1.807) is 0 Å². The molecule has 0 aliphatic rings. The molecule has 1 amide bonds. The van der Waals surface area contributed by atoms with Crippen LogP contribution in [0, 0.1) is 0 Å². The van der Waals surface area contributed by atoms with Crippen molar-refractivity contribution in [3.8, 4) is 0 Å². The van der Waals surface area contributed by atoms with Crippen LogP contribution in [0.4, 0.5) is 0 Å². The Morgan fingerprint density at radius 2 is 0.873 bits per heavy atom. The van der Waals surface area contributed by atoms with Gasteiger partial charge in [-0.05, 0) is 12.8 Å². The summed E-state index contributed by atoms with van der Waals surface area (Å²) in [5.74, 6) is -0.140. The highest BCUT2D eigenvalue weighted by Crippen LogP contribution is 2.43. The molecule has 55 heavy (non-hydrogen) atoms. The number of rotatable bonds is 44. The third kappa shape index (κ3) is 41.5. The van der Waals surface area contributed by atoms with Gasteiger partial charge in [0.15, 0.2) is 0 Å². The first-order valence-electron chi connectivity index (χ1n) is 23.9. The second-order valence-electron chi connectivity index (χ2n) is 17.9. The third-order valence-corrected chi connectivity index (χ3v) is 12.1. The second kappa shape index (κ2) is 39.0. The number of quaternary nitrogens is 1. The van der Waals surface area contributed by atoms with Crippen LogP contribution in [0.5, 0.6) is 0 Å². The number of nitrogens with zero attached hydrogens (tertiary/aromatic N) is 1. The number of carbonyl (C=O) groups is 1. The van der Waals surface area contributed by atoms with Gasteiger partial charge in [-0.3, -0.25) is 13.8 Å². The van der Waals surface area contributed by atoms with Gasteiger partial charge in [0.05, 0.1) is 39.9 Å². The van der Waals surface area contributed by atoms with Gasteiger partial charge in [-0.2, -0.15) is 0 Å². The van der Waals surface area contributed by atoms with E-state index in [2.05, 4.69) is 19.2 Å². The van der Waals surface area contributed by atoms with Gasteiger partial charge < -0.3 is 19.8 Å². The smallest absolute Gasteiger partial charge is 0.391 e. The van der Waals surface area contributed by atoms with E-state index < -0.39 is 20.0 Å². The lowest BCUT2D eigenvalue weighted by Gasteiger charge is -2.26. The van der Waals surface area contributed by atoms with Crippen LogP contribution in [0.15, 0.2) is 0 Å². The summed E-state index contributed by atoms with van der Waals surface area (Å²) in [7, 11) is 1.63. The summed E-state index contributed by atoms with van der Waals surface area (Å²) in [4.78, 5) is 23.2. The zero-order valence-corrected chi connectivity index (χ0v) is 38.3. The zero-order valence-electron chi connectivity index (χ0n) is 37.4. The lowest BCUT2D eigenvalue weighted by atomic mass is 10.0. The molecule has 3 atom stereocenters. The molecule has 0 rings (SSSR count). The first-order valence-corrected chi connectivity index (χ1v) is 25.4. The quantitative estimate of drug-likeness (QED) is 0.0322. The Kier molecular flexibility index (Phi) is 38.6. The Morgan fingerprint density at radius 1 is 0.545 bits per heavy atom. The highest BCUT2D eigenvalue weighted by Gasteiger charge is 2.28. The Morgan fingerprint density at radius 3 is 1.22 bits per heavy atom. The Labute approximate surface area is 342 Å². The van der Waals surface area contributed by atoms with Crippen molar-refractivity contribution in [3.63, 3.8) is 0 Å². The van der Waals surface area contributed by atoms with Gasteiger partial charge in [-0.15, -0.1) is 0 Å². The predicted molar refractivity (Wildman–Crippen MR) is 236 cm³/mol. The van der Waals surface area contributed by atoms with Crippen molar-refractivity contribution in [3.05, 3.63) is 0 Å². The molecule has 0 aliphatic heterocycles. The van der Waals surface area contributed by atoms with Crippen molar-refractivity contribution in [2.75, 3.05) is 40.9 Å². The van der Waals surface area contributed by atoms with Gasteiger partial charge in [-0.1, -0.05) is 219 Å². The van der Waals surface area contributed by atoms with Crippen LogP contribution < -0.4 is 5.32 Å². The molecule has 0 radical (unpaired) electrons. The number of phosphoric acid groups is 1. The minimum atomic E-state index is -4.31. The maximum Gasteiger partial charge on any atom is 0.472 e. The molecule has 330 valence electrons. The summed E-state index contributed by atoms with van der Waals surface area (Å²) in [5, 5.41) is 14.0. The van der Waals surface area contributed by atoms with Crippen LogP contribution >= 0.6 is 7.82 Å². The number of carbonyl (C=O) groups excluding carboxylic acids is 1. The highest BCUT2D eigenvalue weighted by molar-refractivity contribution is 7.47. The summed E-state index contributed by atoms with van der Waals surface area (Å²) in [6.07, 6.45) is 42.7. The molecule has 0 aromatic carbocycles. The first-order chi connectivity index (χ1) is 26.5. The second-order valence-corrected chi connectivity index (χ2v) is 19.3. The van der Waals surface area contributed by atoms with Gasteiger partial charge >= 0.3 is 7.82 Å². The molecule has 3 N–H and O–H groups in total. The number of hydrogen-bond acceptors (Lipinski definition) is 5. The van der Waals surface area contributed by atoms with Gasteiger partial charge in [0.2, 0.25) is 5.91 Å². The van der Waals surface area contributed by atoms with Gasteiger partial charge in [0.25, 0.3) is 0 Å². The topological polar surface area (TPSA) is 105 Å². The average molecular weight is 804 g/mol. The van der Waals surface area contributed by atoms with E-state index in [4.69, 9.17) is 9.05 Å². The van der Waals surface area contributed by atoms with E-state index in [0.29, 0.717) is 23.9 Å². The lowest BCUT2D eigenvalue weighted by molar-refractivity contribution is -0.870. The molecule has 0 aromatic heterocycles. The summed E-state index contributed by atoms with van der Waals surface area (Å²) in [6, 6.07) is -0.753. The van der Waals surface area contributed by atoms with Crippen LogP contribution in [0.3, 0.4) is 0 Å². The molecular weight excluding hydrogens is 707 g/mol. The van der Waals surface area contributed by atoms with Gasteiger partial charge in [0, 0.05) is 6.42 Å². The zero-order chi connectivity index (χ0) is 40.7. The molecule has 1 unspecified atom stereocenters. The number of amides is 1. The van der Waals surface area contributed by atoms with E-state index in [-0.39, 0.29) is 19.1 Å². The molecule has 0 aliphatic carbocycles. The number of aliphatic hydroxyl groups excluding tert-OH is 1. The van der Waals surface area contributed by atoms with E-state index in [0.717, 1.165) is 38.5 Å². The number of phosphoric ester groups is 1. The maximum atomic E-state index is 12.9. The molecule has 0 spiro atoms. The fourth-order valence-corrected chi connectivity index (χ4v) is 8.02. The molecular formula is C46H96N2O6P+. The largest absolute Gasteiger partial charge is 0.472 e. The van der Waals surface area contributed by atoms with Crippen molar-refractivity contribution < 1.29 is 32.9 Å². The predicted octanol–water partition coefficient (Wildman–Crippen LogP) is 13.4. The molecule has 0 bridgehead atoms. The molecule has 0 aromatic rings. The summed E-state index contributed by atoms with van der Waals surface area (Å²) >= 11 is 0. The van der Waals surface area contributed by atoms with E-state index in [9.17, 15) is 19.4 Å². The van der Waals surface area contributed by atoms with E-state index in [1.807, 2.05) is 21.1 Å². The van der Waals surface area contributed by atoms with Crippen LogP contribution in [0.2, 0.25) is 0 Å².